The monoisotopic (exact) mass is 468 g/mol. The molecule has 2 rings (SSSR count). The van der Waals surface area contributed by atoms with Crippen LogP contribution in [-0.2, 0) is 0 Å². The molecule has 132 valence electrons. The Kier molecular flexibility index (Phi) is 11.3. The number of thioether (sulfide) groups is 1. The molecule has 1 saturated heterocycles. The van der Waals surface area contributed by atoms with Crippen molar-refractivity contribution in [3.8, 4) is 0 Å². The van der Waals surface area contributed by atoms with Crippen molar-refractivity contribution in [3.05, 3.63) is 22.4 Å². The van der Waals surface area contributed by atoms with Crippen molar-refractivity contribution >= 4 is 53.0 Å². The van der Waals surface area contributed by atoms with Crippen LogP contribution in [0.2, 0.25) is 0 Å². The van der Waals surface area contributed by atoms with Gasteiger partial charge >= 0.3 is 0 Å². The van der Waals surface area contributed by atoms with Gasteiger partial charge in [0.15, 0.2) is 5.96 Å². The zero-order valence-corrected chi connectivity index (χ0v) is 18.0. The fourth-order valence-electron chi connectivity index (χ4n) is 2.71. The second kappa shape index (κ2) is 12.4. The highest BCUT2D eigenvalue weighted by Gasteiger charge is 2.24. The molecular formula is C16H29IN4S2. The molecule has 2 N–H and O–H groups in total. The standard InChI is InChI=1S/C16H28N4S2.HI/c1-3-17-16(18-8-12-21-2)19-13-14(15-7-6-11-22-15)20-9-4-5-10-20;/h6-7,11,14H,3-5,8-10,12-13H2,1-2H3,(H2,17,18,19);1H. The summed E-state index contributed by atoms with van der Waals surface area (Å²) in [4.78, 5) is 8.86. The van der Waals surface area contributed by atoms with Gasteiger partial charge in [0.25, 0.3) is 0 Å². The zero-order chi connectivity index (χ0) is 15.6. The Morgan fingerprint density at radius 2 is 2.17 bits per heavy atom. The number of nitrogens with zero attached hydrogens (tertiary/aromatic N) is 2. The van der Waals surface area contributed by atoms with Crippen molar-refractivity contribution in [1.29, 1.82) is 0 Å². The molecule has 1 atom stereocenters. The third-order valence-electron chi connectivity index (χ3n) is 3.82. The van der Waals surface area contributed by atoms with E-state index in [2.05, 4.69) is 46.2 Å². The van der Waals surface area contributed by atoms with E-state index in [9.17, 15) is 0 Å². The van der Waals surface area contributed by atoms with Gasteiger partial charge in [-0.25, -0.2) is 0 Å². The molecular weight excluding hydrogens is 439 g/mol. The Labute approximate surface area is 165 Å². The summed E-state index contributed by atoms with van der Waals surface area (Å²) in [5.74, 6) is 2.04. The molecule has 0 amide bonds. The number of halogens is 1. The second-order valence-corrected chi connectivity index (χ2v) is 7.38. The molecule has 1 aromatic rings. The van der Waals surface area contributed by atoms with Crippen LogP contribution in [0.15, 0.2) is 22.5 Å². The smallest absolute Gasteiger partial charge is 0.191 e. The van der Waals surface area contributed by atoms with Gasteiger partial charge in [-0.15, -0.1) is 35.3 Å². The topological polar surface area (TPSA) is 39.7 Å². The lowest BCUT2D eigenvalue weighted by Gasteiger charge is -2.25. The van der Waals surface area contributed by atoms with Gasteiger partial charge in [0, 0.05) is 23.7 Å². The molecule has 23 heavy (non-hydrogen) atoms. The number of aliphatic imine (C=N–C) groups is 1. The number of nitrogens with one attached hydrogen (secondary N) is 2. The Morgan fingerprint density at radius 1 is 1.39 bits per heavy atom. The second-order valence-electron chi connectivity index (χ2n) is 5.41. The summed E-state index contributed by atoms with van der Waals surface area (Å²) >= 11 is 3.70. The van der Waals surface area contributed by atoms with E-state index >= 15 is 0 Å². The van der Waals surface area contributed by atoms with Crippen molar-refractivity contribution in [3.63, 3.8) is 0 Å². The molecule has 2 heterocycles. The van der Waals surface area contributed by atoms with E-state index in [4.69, 9.17) is 4.99 Å². The predicted molar refractivity (Wildman–Crippen MR) is 116 cm³/mol. The van der Waals surface area contributed by atoms with Crippen molar-refractivity contribution in [1.82, 2.24) is 15.5 Å². The summed E-state index contributed by atoms with van der Waals surface area (Å²) in [6.07, 6.45) is 4.77. The first kappa shape index (κ1) is 21.1. The van der Waals surface area contributed by atoms with Crippen LogP contribution >= 0.6 is 47.1 Å². The first-order valence-electron chi connectivity index (χ1n) is 8.13. The van der Waals surface area contributed by atoms with Gasteiger partial charge in [-0.2, -0.15) is 11.8 Å². The summed E-state index contributed by atoms with van der Waals surface area (Å²) in [5.41, 5.74) is 0. The van der Waals surface area contributed by atoms with Crippen molar-refractivity contribution in [2.24, 2.45) is 4.99 Å². The molecule has 4 nitrogen and oxygen atoms in total. The lowest BCUT2D eigenvalue weighted by Crippen LogP contribution is -2.39. The summed E-state index contributed by atoms with van der Waals surface area (Å²) in [7, 11) is 0. The van der Waals surface area contributed by atoms with E-state index in [0.29, 0.717) is 6.04 Å². The maximum atomic E-state index is 4.84. The summed E-state index contributed by atoms with van der Waals surface area (Å²) in [5, 5.41) is 8.93. The summed E-state index contributed by atoms with van der Waals surface area (Å²) < 4.78 is 0. The molecule has 1 aromatic heterocycles. The van der Waals surface area contributed by atoms with Crippen molar-refractivity contribution < 1.29 is 0 Å². The van der Waals surface area contributed by atoms with E-state index in [-0.39, 0.29) is 24.0 Å². The molecule has 0 aromatic carbocycles. The van der Waals surface area contributed by atoms with E-state index in [1.165, 1.54) is 30.8 Å². The molecule has 0 bridgehead atoms. The van der Waals surface area contributed by atoms with Crippen LogP contribution in [0.25, 0.3) is 0 Å². The fraction of sp³-hybridized carbons (Fsp3) is 0.688. The lowest BCUT2D eigenvalue weighted by molar-refractivity contribution is 0.255. The number of thiophene rings is 1. The molecule has 1 unspecified atom stereocenters. The van der Waals surface area contributed by atoms with Crippen LogP contribution in [0.3, 0.4) is 0 Å². The van der Waals surface area contributed by atoms with Gasteiger partial charge in [-0.05, 0) is 50.6 Å². The Hall–Kier alpha value is 0.01000. The molecule has 1 aliphatic heterocycles. The maximum absolute atomic E-state index is 4.84. The normalized spacial score (nSPS) is 16.9. The Morgan fingerprint density at radius 3 is 2.78 bits per heavy atom. The van der Waals surface area contributed by atoms with Crippen LogP contribution in [-0.4, -0.2) is 55.6 Å². The average molecular weight is 468 g/mol. The van der Waals surface area contributed by atoms with Crippen LogP contribution in [0.4, 0.5) is 0 Å². The van der Waals surface area contributed by atoms with Crippen LogP contribution in [0, 0.1) is 0 Å². The average Bonchev–Trinajstić information content (AvgIpc) is 3.21. The minimum atomic E-state index is 0. The molecule has 0 spiro atoms. The highest BCUT2D eigenvalue weighted by molar-refractivity contribution is 14.0. The van der Waals surface area contributed by atoms with E-state index in [0.717, 1.165) is 31.3 Å². The van der Waals surface area contributed by atoms with Gasteiger partial charge in [-0.3, -0.25) is 9.89 Å². The zero-order valence-electron chi connectivity index (χ0n) is 14.1. The van der Waals surface area contributed by atoms with Crippen LogP contribution in [0.1, 0.15) is 30.7 Å². The van der Waals surface area contributed by atoms with Gasteiger partial charge < -0.3 is 10.6 Å². The minimum Gasteiger partial charge on any atom is -0.357 e. The highest BCUT2D eigenvalue weighted by Crippen LogP contribution is 2.28. The largest absolute Gasteiger partial charge is 0.357 e. The number of likely N-dealkylation sites (tertiary alicyclic amines) is 1. The SMILES string of the molecule is CCNC(=NCC(c1cccs1)N1CCCC1)NCCSC.I. The van der Waals surface area contributed by atoms with E-state index in [1.54, 1.807) is 0 Å². The molecule has 0 radical (unpaired) electrons. The summed E-state index contributed by atoms with van der Waals surface area (Å²) in [6.45, 7) is 7.21. The predicted octanol–water partition coefficient (Wildman–Crippen LogP) is 3.42. The van der Waals surface area contributed by atoms with Gasteiger partial charge in [0.05, 0.1) is 12.6 Å². The highest BCUT2D eigenvalue weighted by atomic mass is 127. The van der Waals surface area contributed by atoms with Gasteiger partial charge in [-0.1, -0.05) is 6.07 Å². The molecule has 7 heteroatoms. The fourth-order valence-corrected chi connectivity index (χ4v) is 3.87. The molecule has 1 fully saturated rings. The van der Waals surface area contributed by atoms with Gasteiger partial charge in [0.1, 0.15) is 0 Å². The van der Waals surface area contributed by atoms with Gasteiger partial charge in [0.2, 0.25) is 0 Å². The molecule has 0 aliphatic carbocycles. The van der Waals surface area contributed by atoms with Crippen LogP contribution < -0.4 is 10.6 Å². The number of hydrogen-bond donors (Lipinski definition) is 2. The van der Waals surface area contributed by atoms with Crippen LogP contribution in [0.5, 0.6) is 0 Å². The first-order chi connectivity index (χ1) is 10.8. The van der Waals surface area contributed by atoms with Crippen molar-refractivity contribution in [2.45, 2.75) is 25.8 Å². The third kappa shape index (κ3) is 7.19. The number of guanidine groups is 1. The maximum Gasteiger partial charge on any atom is 0.191 e. The lowest BCUT2D eigenvalue weighted by atomic mass is 10.2. The van der Waals surface area contributed by atoms with E-state index in [1.807, 2.05) is 23.1 Å². The van der Waals surface area contributed by atoms with E-state index < -0.39 is 0 Å². The Bertz CT molecular complexity index is 433. The molecule has 1 aliphatic rings. The number of rotatable bonds is 8. The quantitative estimate of drug-likeness (QED) is 0.266. The minimum absolute atomic E-state index is 0. The molecule has 0 saturated carbocycles. The Balaban J connectivity index is 0.00000264. The first-order valence-corrected chi connectivity index (χ1v) is 10.4. The number of hydrogen-bond acceptors (Lipinski definition) is 4. The third-order valence-corrected chi connectivity index (χ3v) is 5.40. The van der Waals surface area contributed by atoms with Crippen molar-refractivity contribution in [2.75, 3.05) is 44.7 Å². The summed E-state index contributed by atoms with van der Waals surface area (Å²) in [6, 6.07) is 4.82.